The topological polar surface area (TPSA) is 35.9 Å². The zero-order chi connectivity index (χ0) is 20.2. The molecule has 1 fully saturated rings. The highest BCUT2D eigenvalue weighted by atomic mass is 16.2. The summed E-state index contributed by atoms with van der Waals surface area (Å²) < 4.78 is 0. The van der Waals surface area contributed by atoms with Crippen LogP contribution in [0, 0.1) is 6.92 Å². The van der Waals surface area contributed by atoms with Crippen molar-refractivity contribution in [1.29, 1.82) is 0 Å². The quantitative estimate of drug-likeness (QED) is 0.596. The molecular weight excluding hydrogens is 358 g/mol. The molecule has 4 nitrogen and oxygen atoms in total. The Morgan fingerprint density at radius 1 is 0.931 bits per heavy atom. The Hall–Kier alpha value is -3.24. The van der Waals surface area contributed by atoms with Crippen LogP contribution in [0.3, 0.4) is 0 Å². The molecule has 1 aliphatic rings. The summed E-state index contributed by atoms with van der Waals surface area (Å²) in [6, 6.07) is 28.6. The van der Waals surface area contributed by atoms with Crippen LogP contribution >= 0.6 is 0 Å². The average molecular weight is 383 g/mol. The minimum atomic E-state index is -0.220. The maximum Gasteiger partial charge on any atom is 0.258 e. The van der Waals surface area contributed by atoms with Gasteiger partial charge in [-0.3, -0.25) is 9.69 Å². The van der Waals surface area contributed by atoms with E-state index in [1.54, 1.807) is 5.01 Å². The monoisotopic (exact) mass is 383 g/mol. The van der Waals surface area contributed by atoms with Crippen molar-refractivity contribution < 1.29 is 4.79 Å². The van der Waals surface area contributed by atoms with Crippen LogP contribution in [0.4, 0.5) is 0 Å². The van der Waals surface area contributed by atoms with Crippen LogP contribution < -0.4 is 0 Å². The van der Waals surface area contributed by atoms with Gasteiger partial charge in [-0.1, -0.05) is 90.5 Å². The number of aryl methyl sites for hydroxylation is 1. The molecular formula is C25H25N3O. The predicted molar refractivity (Wildman–Crippen MR) is 116 cm³/mol. The standard InChI is InChI=1S/C25H25N3O/c1-19-13-15-23(16-14-19)25-27(17-21-9-5-3-6-10-21)18-24(29)28(25)26-20(2)22-11-7-4-8-12-22/h3-16,25H,17-18H2,1-2H3/b26-20-/t25-/m1/s1. The smallest absolute Gasteiger partial charge is 0.258 e. The van der Waals surface area contributed by atoms with Crippen LogP contribution in [-0.4, -0.2) is 28.1 Å². The fraction of sp³-hybridized carbons (Fsp3) is 0.200. The second kappa shape index (κ2) is 8.41. The Morgan fingerprint density at radius 2 is 1.55 bits per heavy atom. The van der Waals surface area contributed by atoms with Crippen molar-refractivity contribution in [3.63, 3.8) is 0 Å². The minimum Gasteiger partial charge on any atom is -0.271 e. The molecule has 1 aliphatic heterocycles. The van der Waals surface area contributed by atoms with Gasteiger partial charge in [0.05, 0.1) is 12.3 Å². The highest BCUT2D eigenvalue weighted by Crippen LogP contribution is 2.33. The number of rotatable bonds is 5. The molecule has 4 rings (SSSR count). The summed E-state index contributed by atoms with van der Waals surface area (Å²) in [6.45, 7) is 5.07. The molecule has 29 heavy (non-hydrogen) atoms. The zero-order valence-corrected chi connectivity index (χ0v) is 16.8. The largest absolute Gasteiger partial charge is 0.271 e. The second-order valence-corrected chi connectivity index (χ2v) is 7.46. The molecule has 1 heterocycles. The van der Waals surface area contributed by atoms with Crippen LogP contribution in [0.25, 0.3) is 0 Å². The van der Waals surface area contributed by atoms with Crippen LogP contribution in [0.5, 0.6) is 0 Å². The van der Waals surface area contributed by atoms with Crippen molar-refractivity contribution in [2.24, 2.45) is 5.10 Å². The highest BCUT2D eigenvalue weighted by Gasteiger charge is 2.39. The van der Waals surface area contributed by atoms with Crippen LogP contribution in [-0.2, 0) is 11.3 Å². The molecule has 4 heteroatoms. The average Bonchev–Trinajstić information content (AvgIpc) is 3.04. The molecule has 0 spiro atoms. The van der Waals surface area contributed by atoms with Gasteiger partial charge in [0, 0.05) is 6.54 Å². The van der Waals surface area contributed by atoms with E-state index in [4.69, 9.17) is 5.10 Å². The maximum atomic E-state index is 13.0. The van der Waals surface area contributed by atoms with E-state index in [2.05, 4.69) is 48.2 Å². The Labute approximate surface area is 172 Å². The molecule has 0 saturated carbocycles. The fourth-order valence-corrected chi connectivity index (χ4v) is 3.68. The number of nitrogens with zero attached hydrogens (tertiary/aromatic N) is 3. The van der Waals surface area contributed by atoms with Crippen LogP contribution in [0.1, 0.15) is 35.3 Å². The van der Waals surface area contributed by atoms with Gasteiger partial charge < -0.3 is 0 Å². The third kappa shape index (κ3) is 4.28. The third-order valence-electron chi connectivity index (χ3n) is 5.22. The number of hydrazone groups is 1. The molecule has 0 N–H and O–H groups in total. The highest BCUT2D eigenvalue weighted by molar-refractivity contribution is 5.99. The molecule has 0 unspecified atom stereocenters. The lowest BCUT2D eigenvalue weighted by atomic mass is 10.1. The number of benzene rings is 3. The number of hydrogen-bond acceptors (Lipinski definition) is 3. The van der Waals surface area contributed by atoms with E-state index in [0.717, 1.165) is 16.8 Å². The SMILES string of the molecule is C/C(=N/N1C(=O)CN(Cc2ccccc2)[C@H]1c1ccc(C)cc1)c1ccccc1. The van der Waals surface area contributed by atoms with Gasteiger partial charge >= 0.3 is 0 Å². The molecule has 1 amide bonds. The Balaban J connectivity index is 1.70. The number of carbonyl (C=O) groups excluding carboxylic acids is 1. The lowest BCUT2D eigenvalue weighted by molar-refractivity contribution is -0.128. The predicted octanol–water partition coefficient (Wildman–Crippen LogP) is 4.76. The first-order valence-corrected chi connectivity index (χ1v) is 9.89. The first-order chi connectivity index (χ1) is 14.1. The van der Waals surface area contributed by atoms with E-state index in [-0.39, 0.29) is 12.1 Å². The van der Waals surface area contributed by atoms with Gasteiger partial charge in [-0.25, -0.2) is 5.01 Å². The molecule has 3 aromatic carbocycles. The second-order valence-electron chi connectivity index (χ2n) is 7.46. The first kappa shape index (κ1) is 19.1. The van der Waals surface area contributed by atoms with Crippen molar-refractivity contribution in [3.05, 3.63) is 107 Å². The summed E-state index contributed by atoms with van der Waals surface area (Å²) in [6.07, 6.45) is -0.220. The number of carbonyl (C=O) groups is 1. The third-order valence-corrected chi connectivity index (χ3v) is 5.22. The molecule has 1 atom stereocenters. The van der Waals surface area contributed by atoms with Gasteiger partial charge in [0.25, 0.3) is 5.91 Å². The van der Waals surface area contributed by atoms with E-state index in [9.17, 15) is 4.79 Å². The van der Waals surface area contributed by atoms with Gasteiger partial charge in [-0.15, -0.1) is 0 Å². The zero-order valence-electron chi connectivity index (χ0n) is 16.8. The molecule has 0 bridgehead atoms. The van der Waals surface area contributed by atoms with Gasteiger partial charge in [-0.05, 0) is 30.5 Å². The van der Waals surface area contributed by atoms with E-state index < -0.39 is 0 Å². The maximum absolute atomic E-state index is 13.0. The van der Waals surface area contributed by atoms with Crippen molar-refractivity contribution in [3.8, 4) is 0 Å². The normalized spacial score (nSPS) is 17.7. The lowest BCUT2D eigenvalue weighted by Crippen LogP contribution is -2.29. The van der Waals surface area contributed by atoms with Gasteiger partial charge in [0.1, 0.15) is 6.17 Å². The number of hydrogen-bond donors (Lipinski definition) is 0. The molecule has 146 valence electrons. The summed E-state index contributed by atoms with van der Waals surface area (Å²) in [7, 11) is 0. The van der Waals surface area contributed by atoms with Crippen molar-refractivity contribution in [2.45, 2.75) is 26.6 Å². The molecule has 0 radical (unpaired) electrons. The van der Waals surface area contributed by atoms with Gasteiger partial charge in [-0.2, -0.15) is 5.10 Å². The minimum absolute atomic E-state index is 0.0155. The van der Waals surface area contributed by atoms with Crippen molar-refractivity contribution >= 4 is 11.6 Å². The summed E-state index contributed by atoms with van der Waals surface area (Å²) in [5.74, 6) is 0.0155. The van der Waals surface area contributed by atoms with Gasteiger partial charge in [0.2, 0.25) is 0 Å². The Kier molecular flexibility index (Phi) is 5.54. The summed E-state index contributed by atoms with van der Waals surface area (Å²) in [5, 5.41) is 6.41. The van der Waals surface area contributed by atoms with E-state index in [1.165, 1.54) is 11.1 Å². The lowest BCUT2D eigenvalue weighted by Gasteiger charge is -2.28. The molecule has 3 aromatic rings. The summed E-state index contributed by atoms with van der Waals surface area (Å²) >= 11 is 0. The Bertz CT molecular complexity index is 997. The molecule has 0 aliphatic carbocycles. The van der Waals surface area contributed by atoms with Crippen LogP contribution in [0.15, 0.2) is 90.0 Å². The van der Waals surface area contributed by atoms with Crippen LogP contribution in [0.2, 0.25) is 0 Å². The molecule has 1 saturated heterocycles. The Morgan fingerprint density at radius 3 is 2.21 bits per heavy atom. The van der Waals surface area contributed by atoms with E-state index in [1.807, 2.05) is 55.5 Å². The van der Waals surface area contributed by atoms with E-state index in [0.29, 0.717) is 13.1 Å². The summed E-state index contributed by atoms with van der Waals surface area (Å²) in [4.78, 5) is 15.2. The summed E-state index contributed by atoms with van der Waals surface area (Å²) in [5.41, 5.74) is 5.30. The fourth-order valence-electron chi connectivity index (χ4n) is 3.68. The first-order valence-electron chi connectivity index (χ1n) is 9.89. The molecule has 0 aromatic heterocycles. The van der Waals surface area contributed by atoms with Crippen molar-refractivity contribution in [1.82, 2.24) is 9.91 Å². The van der Waals surface area contributed by atoms with E-state index >= 15 is 0 Å². The number of amides is 1. The van der Waals surface area contributed by atoms with Crippen molar-refractivity contribution in [2.75, 3.05) is 6.54 Å². The van der Waals surface area contributed by atoms with Gasteiger partial charge in [0.15, 0.2) is 0 Å².